The molecule has 0 heterocycles. The highest BCUT2D eigenvalue weighted by molar-refractivity contribution is 5.92. The monoisotopic (exact) mass is 335 g/mol. The largest absolute Gasteiger partial charge is 0.494 e. The fraction of sp³-hybridized carbons (Fsp3) is 0.278. The summed E-state index contributed by atoms with van der Waals surface area (Å²) in [6.07, 6.45) is 0.729. The highest BCUT2D eigenvalue weighted by Crippen LogP contribution is 2.25. The maximum Gasteiger partial charge on any atom is 0.387 e. The molecule has 0 fully saturated rings. The van der Waals surface area contributed by atoms with Crippen molar-refractivity contribution in [3.8, 4) is 11.5 Å². The van der Waals surface area contributed by atoms with E-state index in [4.69, 9.17) is 4.74 Å². The van der Waals surface area contributed by atoms with Crippen LogP contribution in [0.4, 0.5) is 14.5 Å². The van der Waals surface area contributed by atoms with Crippen LogP contribution < -0.4 is 14.8 Å². The Hall–Kier alpha value is -2.63. The molecule has 128 valence electrons. The summed E-state index contributed by atoms with van der Waals surface area (Å²) in [6.45, 7) is -0.555. The molecule has 0 aliphatic heterocycles. The number of alkyl halides is 2. The minimum atomic E-state index is -2.94. The van der Waals surface area contributed by atoms with Gasteiger partial charge < -0.3 is 14.8 Å². The number of nitrogens with one attached hydrogen (secondary N) is 1. The Balaban J connectivity index is 1.76. The molecule has 1 N–H and O–H groups in total. The quantitative estimate of drug-likeness (QED) is 0.728. The molecular weight excluding hydrogens is 316 g/mol. The number of benzene rings is 2. The van der Waals surface area contributed by atoms with Crippen molar-refractivity contribution >= 4 is 11.6 Å². The van der Waals surface area contributed by atoms with Crippen LogP contribution in [0.15, 0.2) is 48.5 Å². The molecule has 1 amide bonds. The average Bonchev–Trinajstić information content (AvgIpc) is 2.55. The second-order valence-electron chi connectivity index (χ2n) is 5.19. The number of hydrogen-bond acceptors (Lipinski definition) is 3. The highest BCUT2D eigenvalue weighted by atomic mass is 19.3. The van der Waals surface area contributed by atoms with E-state index in [2.05, 4.69) is 10.1 Å². The minimum absolute atomic E-state index is 0.0586. The van der Waals surface area contributed by atoms with Crippen molar-refractivity contribution < 1.29 is 23.0 Å². The zero-order valence-corrected chi connectivity index (χ0v) is 13.3. The standard InChI is InChI=1S/C18H19F2NO3/c1-13-8-10-14(11-9-13)23-12-4-7-17(22)21-15-5-2-3-6-16(15)24-18(19)20/h2-3,5-6,8-11,18H,4,7,12H2,1H3,(H,21,22). The molecule has 0 spiro atoms. The van der Waals surface area contributed by atoms with Crippen LogP contribution in [0.1, 0.15) is 18.4 Å². The molecule has 0 aromatic heterocycles. The molecule has 4 nitrogen and oxygen atoms in total. The third-order valence-corrected chi connectivity index (χ3v) is 3.22. The molecule has 6 heteroatoms. The van der Waals surface area contributed by atoms with Gasteiger partial charge in [0.2, 0.25) is 5.91 Å². The fourth-order valence-corrected chi connectivity index (χ4v) is 2.04. The van der Waals surface area contributed by atoms with Gasteiger partial charge in [0.05, 0.1) is 12.3 Å². The van der Waals surface area contributed by atoms with Gasteiger partial charge in [-0.1, -0.05) is 29.8 Å². The Labute approximate surface area is 139 Å². The number of amides is 1. The number of hydrogen-bond donors (Lipinski definition) is 1. The molecule has 0 unspecified atom stereocenters. The lowest BCUT2D eigenvalue weighted by atomic mass is 10.2. The van der Waals surface area contributed by atoms with Crippen molar-refractivity contribution in [2.75, 3.05) is 11.9 Å². The molecule has 2 rings (SSSR count). The summed E-state index contributed by atoms with van der Waals surface area (Å²) in [7, 11) is 0. The van der Waals surface area contributed by atoms with Crippen LogP contribution in [0.2, 0.25) is 0 Å². The Bertz CT molecular complexity index is 660. The van der Waals surface area contributed by atoms with Crippen LogP contribution in [-0.2, 0) is 4.79 Å². The second-order valence-corrected chi connectivity index (χ2v) is 5.19. The van der Waals surface area contributed by atoms with E-state index in [1.165, 1.54) is 12.1 Å². The van der Waals surface area contributed by atoms with Gasteiger partial charge in [-0.3, -0.25) is 4.79 Å². The van der Waals surface area contributed by atoms with E-state index in [-0.39, 0.29) is 23.8 Å². The predicted molar refractivity (Wildman–Crippen MR) is 87.6 cm³/mol. The summed E-state index contributed by atoms with van der Waals surface area (Å²) in [5.41, 5.74) is 1.37. The van der Waals surface area contributed by atoms with Crippen molar-refractivity contribution in [2.45, 2.75) is 26.4 Å². The van der Waals surface area contributed by atoms with E-state index in [1.54, 1.807) is 12.1 Å². The van der Waals surface area contributed by atoms with Crippen LogP contribution in [0, 0.1) is 6.92 Å². The van der Waals surface area contributed by atoms with E-state index in [0.29, 0.717) is 13.0 Å². The molecule has 0 aliphatic rings. The molecule has 2 aromatic rings. The number of ether oxygens (including phenoxy) is 2. The Morgan fingerprint density at radius 3 is 2.54 bits per heavy atom. The smallest absolute Gasteiger partial charge is 0.387 e. The number of carbonyl (C=O) groups is 1. The van der Waals surface area contributed by atoms with E-state index >= 15 is 0 Å². The number of carbonyl (C=O) groups excluding carboxylic acids is 1. The zero-order chi connectivity index (χ0) is 17.4. The molecule has 0 radical (unpaired) electrons. The lowest BCUT2D eigenvalue weighted by Crippen LogP contribution is -2.14. The molecule has 0 aliphatic carbocycles. The van der Waals surface area contributed by atoms with Crippen LogP contribution >= 0.6 is 0 Å². The molecule has 2 aromatic carbocycles. The lowest BCUT2D eigenvalue weighted by molar-refractivity contribution is -0.116. The number of aryl methyl sites for hydroxylation is 1. The van der Waals surface area contributed by atoms with E-state index < -0.39 is 6.61 Å². The number of rotatable bonds is 8. The summed E-state index contributed by atoms with van der Waals surface area (Å²) in [5.74, 6) is 0.404. The fourth-order valence-electron chi connectivity index (χ4n) is 2.04. The van der Waals surface area contributed by atoms with Crippen molar-refractivity contribution in [3.63, 3.8) is 0 Å². The summed E-state index contributed by atoms with van der Waals surface area (Å²) >= 11 is 0. The van der Waals surface area contributed by atoms with Crippen molar-refractivity contribution in [2.24, 2.45) is 0 Å². The van der Waals surface area contributed by atoms with Gasteiger partial charge in [0, 0.05) is 6.42 Å². The first-order valence-corrected chi connectivity index (χ1v) is 7.58. The van der Waals surface area contributed by atoms with E-state index in [0.717, 1.165) is 11.3 Å². The maximum atomic E-state index is 12.3. The summed E-state index contributed by atoms with van der Waals surface area (Å²) in [6, 6.07) is 13.7. The van der Waals surface area contributed by atoms with Crippen molar-refractivity contribution in [1.82, 2.24) is 0 Å². The summed E-state index contributed by atoms with van der Waals surface area (Å²) in [5, 5.41) is 2.57. The van der Waals surface area contributed by atoms with E-state index in [9.17, 15) is 13.6 Å². The normalized spacial score (nSPS) is 10.5. The number of anilines is 1. The maximum absolute atomic E-state index is 12.3. The molecule has 0 atom stereocenters. The number of para-hydroxylation sites is 2. The molecular formula is C18H19F2NO3. The van der Waals surface area contributed by atoms with Gasteiger partial charge in [0.1, 0.15) is 11.5 Å². The average molecular weight is 335 g/mol. The summed E-state index contributed by atoms with van der Waals surface area (Å²) in [4.78, 5) is 11.9. The van der Waals surface area contributed by atoms with Crippen LogP contribution in [0.5, 0.6) is 11.5 Å². The van der Waals surface area contributed by atoms with E-state index in [1.807, 2.05) is 31.2 Å². The zero-order valence-electron chi connectivity index (χ0n) is 13.3. The highest BCUT2D eigenvalue weighted by Gasteiger charge is 2.11. The van der Waals surface area contributed by atoms with Gasteiger partial charge in [0.25, 0.3) is 0 Å². The minimum Gasteiger partial charge on any atom is -0.494 e. The first-order valence-electron chi connectivity index (χ1n) is 7.58. The third kappa shape index (κ3) is 5.87. The van der Waals surface area contributed by atoms with Crippen molar-refractivity contribution in [1.29, 1.82) is 0 Å². The van der Waals surface area contributed by atoms with Crippen LogP contribution in [-0.4, -0.2) is 19.1 Å². The number of halogens is 2. The Kier molecular flexibility index (Phi) is 6.54. The van der Waals surface area contributed by atoms with Gasteiger partial charge in [-0.05, 0) is 37.6 Å². The Morgan fingerprint density at radius 2 is 1.83 bits per heavy atom. The van der Waals surface area contributed by atoms with Gasteiger partial charge in [-0.2, -0.15) is 8.78 Å². The van der Waals surface area contributed by atoms with Crippen LogP contribution in [0.25, 0.3) is 0 Å². The topological polar surface area (TPSA) is 47.6 Å². The lowest BCUT2D eigenvalue weighted by Gasteiger charge is -2.11. The van der Waals surface area contributed by atoms with Crippen molar-refractivity contribution in [3.05, 3.63) is 54.1 Å². The van der Waals surface area contributed by atoms with Gasteiger partial charge in [0.15, 0.2) is 0 Å². The van der Waals surface area contributed by atoms with Gasteiger partial charge in [-0.15, -0.1) is 0 Å². The first-order chi connectivity index (χ1) is 11.5. The molecule has 24 heavy (non-hydrogen) atoms. The first kappa shape index (κ1) is 17.7. The summed E-state index contributed by atoms with van der Waals surface area (Å²) < 4.78 is 34.5. The molecule has 0 bridgehead atoms. The SMILES string of the molecule is Cc1ccc(OCCCC(=O)Nc2ccccc2OC(F)F)cc1. The van der Waals surface area contributed by atoms with Gasteiger partial charge >= 0.3 is 6.61 Å². The second kappa shape index (κ2) is 8.86. The predicted octanol–water partition coefficient (Wildman–Crippen LogP) is 4.39. The third-order valence-electron chi connectivity index (χ3n) is 3.22. The van der Waals surface area contributed by atoms with Gasteiger partial charge in [-0.25, -0.2) is 0 Å². The molecule has 0 saturated heterocycles. The molecule has 0 saturated carbocycles. The van der Waals surface area contributed by atoms with Crippen LogP contribution in [0.3, 0.4) is 0 Å². The Morgan fingerprint density at radius 1 is 1.12 bits per heavy atom.